The third kappa shape index (κ3) is 2.76. The van der Waals surface area contributed by atoms with Gasteiger partial charge in [-0.1, -0.05) is 11.6 Å². The summed E-state index contributed by atoms with van der Waals surface area (Å²) in [5.74, 6) is 0.296. The van der Waals surface area contributed by atoms with Crippen molar-refractivity contribution in [1.82, 2.24) is 0 Å². The summed E-state index contributed by atoms with van der Waals surface area (Å²) in [5, 5.41) is 18.2. The van der Waals surface area contributed by atoms with Gasteiger partial charge in [0, 0.05) is 10.6 Å². The summed E-state index contributed by atoms with van der Waals surface area (Å²) in [6.45, 7) is 2.19. The second kappa shape index (κ2) is 5.80. The number of hydrogen-bond acceptors (Lipinski definition) is 3. The van der Waals surface area contributed by atoms with Gasteiger partial charge in [-0.3, -0.25) is 0 Å². The van der Waals surface area contributed by atoms with Gasteiger partial charge < -0.3 is 4.74 Å². The molecule has 0 heterocycles. The number of nitrogens with zero attached hydrogens (tertiary/aromatic N) is 2. The summed E-state index contributed by atoms with van der Waals surface area (Å²) in [6, 6.07) is 10.4. The summed E-state index contributed by atoms with van der Waals surface area (Å²) < 4.78 is 5.30. The van der Waals surface area contributed by atoms with Gasteiger partial charge in [-0.25, -0.2) is 0 Å². The first-order valence-corrected chi connectivity index (χ1v) is 5.04. The molecule has 0 aromatic heterocycles. The van der Waals surface area contributed by atoms with E-state index in [4.69, 9.17) is 26.9 Å². The highest BCUT2D eigenvalue weighted by Crippen LogP contribution is 2.21. The van der Waals surface area contributed by atoms with Gasteiger partial charge in [-0.15, -0.1) is 0 Å². The van der Waals surface area contributed by atoms with E-state index < -0.39 is 0 Å². The standard InChI is InChI=1S/C12H9ClN2O/c1-2-16-12(10(7-14)8-15)9-3-5-11(13)6-4-9/h3-6H,2H2,1H3. The van der Waals surface area contributed by atoms with Crippen LogP contribution >= 0.6 is 11.6 Å². The highest BCUT2D eigenvalue weighted by atomic mass is 35.5. The van der Waals surface area contributed by atoms with E-state index in [0.29, 0.717) is 23.0 Å². The topological polar surface area (TPSA) is 56.8 Å². The highest BCUT2D eigenvalue weighted by molar-refractivity contribution is 6.30. The number of nitriles is 2. The molecule has 0 aliphatic heterocycles. The first-order chi connectivity index (χ1) is 7.72. The van der Waals surface area contributed by atoms with Gasteiger partial charge in [0.25, 0.3) is 0 Å². The van der Waals surface area contributed by atoms with Crippen LogP contribution in [0.4, 0.5) is 0 Å². The molecule has 0 radical (unpaired) electrons. The molecule has 0 fully saturated rings. The summed E-state index contributed by atoms with van der Waals surface area (Å²) >= 11 is 5.75. The Balaban J connectivity index is 3.24. The molecule has 1 rings (SSSR count). The lowest BCUT2D eigenvalue weighted by molar-refractivity contribution is 0.297. The maximum Gasteiger partial charge on any atom is 0.172 e. The number of benzene rings is 1. The molecule has 0 bridgehead atoms. The largest absolute Gasteiger partial charge is 0.491 e. The first-order valence-electron chi connectivity index (χ1n) is 4.66. The SMILES string of the molecule is CCOC(=C(C#N)C#N)c1ccc(Cl)cc1. The Morgan fingerprint density at radius 2 is 1.81 bits per heavy atom. The number of halogens is 1. The average molecular weight is 233 g/mol. The van der Waals surface area contributed by atoms with Crippen molar-refractivity contribution in [3.8, 4) is 12.1 Å². The molecule has 3 nitrogen and oxygen atoms in total. The zero-order valence-corrected chi connectivity index (χ0v) is 9.45. The van der Waals surface area contributed by atoms with Crippen molar-refractivity contribution >= 4 is 17.4 Å². The Hall–Kier alpha value is -1.97. The number of ether oxygens (including phenoxy) is 1. The second-order valence-electron chi connectivity index (χ2n) is 2.87. The summed E-state index contributed by atoms with van der Waals surface area (Å²) in [4.78, 5) is 0. The van der Waals surface area contributed by atoms with Crippen molar-refractivity contribution in [3.63, 3.8) is 0 Å². The zero-order valence-electron chi connectivity index (χ0n) is 8.70. The van der Waals surface area contributed by atoms with Crippen molar-refractivity contribution in [3.05, 3.63) is 40.4 Å². The van der Waals surface area contributed by atoms with Crippen LogP contribution in [-0.2, 0) is 4.74 Å². The maximum absolute atomic E-state index is 8.80. The lowest BCUT2D eigenvalue weighted by Crippen LogP contribution is -1.95. The van der Waals surface area contributed by atoms with E-state index in [-0.39, 0.29) is 5.57 Å². The van der Waals surface area contributed by atoms with Gasteiger partial charge in [0.2, 0.25) is 0 Å². The fourth-order valence-corrected chi connectivity index (χ4v) is 1.30. The minimum absolute atomic E-state index is 0.0378. The molecule has 16 heavy (non-hydrogen) atoms. The molecule has 0 aliphatic rings. The lowest BCUT2D eigenvalue weighted by atomic mass is 10.1. The Kier molecular flexibility index (Phi) is 4.39. The zero-order chi connectivity index (χ0) is 12.0. The van der Waals surface area contributed by atoms with E-state index in [1.165, 1.54) is 0 Å². The average Bonchev–Trinajstić information content (AvgIpc) is 2.31. The molecule has 0 atom stereocenters. The minimum atomic E-state index is -0.0378. The van der Waals surface area contributed by atoms with E-state index in [1.807, 2.05) is 12.1 Å². The third-order valence-electron chi connectivity index (χ3n) is 1.85. The van der Waals surface area contributed by atoms with Crippen LogP contribution < -0.4 is 0 Å². The van der Waals surface area contributed by atoms with Gasteiger partial charge in [0.1, 0.15) is 12.1 Å². The molecule has 0 saturated carbocycles. The van der Waals surface area contributed by atoms with Crippen molar-refractivity contribution in [1.29, 1.82) is 10.5 Å². The smallest absolute Gasteiger partial charge is 0.172 e. The van der Waals surface area contributed by atoms with Crippen molar-refractivity contribution in [2.24, 2.45) is 0 Å². The monoisotopic (exact) mass is 232 g/mol. The summed E-state index contributed by atoms with van der Waals surface area (Å²) in [5.41, 5.74) is 0.633. The number of allylic oxidation sites excluding steroid dienone is 1. The molecule has 0 saturated heterocycles. The van der Waals surface area contributed by atoms with Gasteiger partial charge in [0.05, 0.1) is 6.61 Å². The van der Waals surface area contributed by atoms with E-state index in [9.17, 15) is 0 Å². The van der Waals surface area contributed by atoms with Crippen LogP contribution in [-0.4, -0.2) is 6.61 Å². The van der Waals surface area contributed by atoms with E-state index in [2.05, 4.69) is 0 Å². The van der Waals surface area contributed by atoms with E-state index in [0.717, 1.165) is 0 Å². The predicted octanol–water partition coefficient (Wildman–Crippen LogP) is 3.13. The van der Waals surface area contributed by atoms with E-state index in [1.54, 1.807) is 31.2 Å². The molecule has 0 N–H and O–H groups in total. The van der Waals surface area contributed by atoms with Crippen LogP contribution in [0.15, 0.2) is 29.8 Å². The molecule has 4 heteroatoms. The number of rotatable bonds is 3. The normalized spacial score (nSPS) is 8.75. The Labute approximate surface area is 99.1 Å². The molecule has 0 aliphatic carbocycles. The third-order valence-corrected chi connectivity index (χ3v) is 2.10. The Morgan fingerprint density at radius 1 is 1.25 bits per heavy atom. The molecule has 0 spiro atoms. The summed E-state index contributed by atoms with van der Waals surface area (Å²) in [7, 11) is 0. The fraction of sp³-hybridized carbons (Fsp3) is 0.167. The van der Waals surface area contributed by atoms with Gasteiger partial charge >= 0.3 is 0 Å². The highest BCUT2D eigenvalue weighted by Gasteiger charge is 2.10. The maximum atomic E-state index is 8.80. The Bertz CT molecular complexity index is 461. The van der Waals surface area contributed by atoms with Crippen LogP contribution in [0.5, 0.6) is 0 Å². The van der Waals surface area contributed by atoms with Crippen molar-refractivity contribution in [2.45, 2.75) is 6.92 Å². The van der Waals surface area contributed by atoms with Crippen LogP contribution in [0.1, 0.15) is 12.5 Å². The molecular formula is C12H9ClN2O. The van der Waals surface area contributed by atoms with Crippen LogP contribution in [0.2, 0.25) is 5.02 Å². The predicted molar refractivity (Wildman–Crippen MR) is 61.2 cm³/mol. The van der Waals surface area contributed by atoms with Crippen LogP contribution in [0.25, 0.3) is 5.76 Å². The number of hydrogen-bond donors (Lipinski definition) is 0. The quantitative estimate of drug-likeness (QED) is 0.594. The molecular weight excluding hydrogens is 224 g/mol. The minimum Gasteiger partial charge on any atom is -0.491 e. The fourth-order valence-electron chi connectivity index (χ4n) is 1.17. The molecule has 1 aromatic carbocycles. The van der Waals surface area contributed by atoms with Crippen molar-refractivity contribution < 1.29 is 4.74 Å². The molecule has 80 valence electrons. The molecule has 1 aromatic rings. The first kappa shape index (κ1) is 12.1. The Morgan fingerprint density at radius 3 is 2.25 bits per heavy atom. The van der Waals surface area contributed by atoms with Crippen molar-refractivity contribution in [2.75, 3.05) is 6.61 Å². The summed E-state index contributed by atoms with van der Waals surface area (Å²) in [6.07, 6.45) is 0. The van der Waals surface area contributed by atoms with Crippen LogP contribution in [0, 0.1) is 22.7 Å². The molecule has 0 unspecified atom stereocenters. The van der Waals surface area contributed by atoms with E-state index >= 15 is 0 Å². The lowest BCUT2D eigenvalue weighted by Gasteiger charge is -2.08. The van der Waals surface area contributed by atoms with Gasteiger partial charge in [0.15, 0.2) is 11.3 Å². The van der Waals surface area contributed by atoms with Gasteiger partial charge in [-0.2, -0.15) is 10.5 Å². The molecule has 0 amide bonds. The second-order valence-corrected chi connectivity index (χ2v) is 3.30. The van der Waals surface area contributed by atoms with Crippen LogP contribution in [0.3, 0.4) is 0 Å². The van der Waals surface area contributed by atoms with Gasteiger partial charge in [-0.05, 0) is 31.2 Å².